The summed E-state index contributed by atoms with van der Waals surface area (Å²) in [5, 5.41) is 31.9. The van der Waals surface area contributed by atoms with Crippen molar-refractivity contribution in [3.05, 3.63) is 36.5 Å². The summed E-state index contributed by atoms with van der Waals surface area (Å²) >= 11 is 0. The third kappa shape index (κ3) is 33.6. The highest BCUT2D eigenvalue weighted by Crippen LogP contribution is 2.51. The lowest BCUT2D eigenvalue weighted by atomic mass is 9.85. The van der Waals surface area contributed by atoms with Gasteiger partial charge < -0.3 is 49.3 Å². The summed E-state index contributed by atoms with van der Waals surface area (Å²) < 4.78 is 65.5. The highest BCUT2D eigenvalue weighted by Gasteiger charge is 2.56. The van der Waals surface area contributed by atoms with Gasteiger partial charge in [-0.25, -0.2) is 13.7 Å². The summed E-state index contributed by atoms with van der Waals surface area (Å²) in [7, 11) is -16.6. The van der Waals surface area contributed by atoms with Gasteiger partial charge in [0.1, 0.15) is 43.2 Å². The second-order valence-electron chi connectivity index (χ2n) is 17.0. The summed E-state index contributed by atoms with van der Waals surface area (Å²) in [6, 6.07) is 0. The average Bonchev–Trinajstić information content (AvgIpc) is 3.25. The van der Waals surface area contributed by atoms with Crippen LogP contribution in [-0.2, 0) is 50.9 Å². The molecule has 1 aliphatic carbocycles. The lowest BCUT2D eigenvalue weighted by molar-refractivity contribution is -0.213. The van der Waals surface area contributed by atoms with Gasteiger partial charge >= 0.3 is 35.4 Å². The molecule has 22 heteroatoms. The normalized spacial score (nSPS) is 21.9. The molecule has 8 N–H and O–H groups in total. The second kappa shape index (κ2) is 37.2. The van der Waals surface area contributed by atoms with Crippen molar-refractivity contribution in [2.75, 3.05) is 13.2 Å². The van der Waals surface area contributed by atoms with Crippen LogP contribution >= 0.6 is 23.5 Å². The zero-order chi connectivity index (χ0) is 50.0. The van der Waals surface area contributed by atoms with E-state index in [4.69, 9.17) is 18.5 Å². The highest BCUT2D eigenvalue weighted by molar-refractivity contribution is 7.47. The Morgan fingerprint density at radius 3 is 1.36 bits per heavy atom. The van der Waals surface area contributed by atoms with Gasteiger partial charge in [0.15, 0.2) is 6.10 Å². The molecular formula is C45H83O19P3. The van der Waals surface area contributed by atoms with Crippen molar-refractivity contribution in [1.82, 2.24) is 0 Å². The first-order valence-electron chi connectivity index (χ1n) is 24.3. The molecule has 1 fully saturated rings. The molecule has 8 atom stereocenters. The van der Waals surface area contributed by atoms with Crippen LogP contribution in [0.5, 0.6) is 0 Å². The lowest BCUT2D eigenvalue weighted by Gasteiger charge is -2.44. The fourth-order valence-electron chi connectivity index (χ4n) is 7.25. The number of phosphoric ester groups is 3. The Hall–Kier alpha value is -1.63. The predicted octanol–water partition coefficient (Wildman–Crippen LogP) is 8.85. The molecule has 1 saturated carbocycles. The van der Waals surface area contributed by atoms with E-state index in [-0.39, 0.29) is 12.8 Å². The van der Waals surface area contributed by atoms with Crippen LogP contribution in [0.4, 0.5) is 0 Å². The quantitative estimate of drug-likeness (QED) is 0.0123. The molecule has 0 amide bonds. The van der Waals surface area contributed by atoms with Crippen LogP contribution in [0.3, 0.4) is 0 Å². The zero-order valence-electron chi connectivity index (χ0n) is 39.7. The first-order chi connectivity index (χ1) is 31.8. The van der Waals surface area contributed by atoms with Gasteiger partial charge in [0.25, 0.3) is 0 Å². The number of phosphoric acid groups is 3. The molecule has 1 rings (SSSR count). The van der Waals surface area contributed by atoms with E-state index in [1.54, 1.807) is 0 Å². The van der Waals surface area contributed by atoms with Gasteiger partial charge in [-0.05, 0) is 70.6 Å². The molecule has 0 radical (unpaired) electrons. The number of aliphatic hydroxyl groups is 3. The van der Waals surface area contributed by atoms with Crippen LogP contribution in [0.15, 0.2) is 36.5 Å². The number of hydrogen-bond donors (Lipinski definition) is 8. The minimum atomic E-state index is -5.60. The summed E-state index contributed by atoms with van der Waals surface area (Å²) in [5.41, 5.74) is 0. The maximum absolute atomic E-state index is 13.1. The topological polar surface area (TPSA) is 303 Å². The number of rotatable bonds is 41. The minimum Gasteiger partial charge on any atom is -0.462 e. The molecule has 392 valence electrons. The van der Waals surface area contributed by atoms with Gasteiger partial charge in [0.2, 0.25) is 0 Å². The minimum absolute atomic E-state index is 0.0186. The number of aliphatic hydroxyl groups excluding tert-OH is 3. The molecule has 0 spiro atoms. The largest absolute Gasteiger partial charge is 0.472 e. The first-order valence-corrected chi connectivity index (χ1v) is 28.8. The Morgan fingerprint density at radius 1 is 0.478 bits per heavy atom. The number of ether oxygens (including phenoxy) is 2. The first kappa shape index (κ1) is 63.4. The number of allylic oxidation sites excluding steroid dienone is 6. The van der Waals surface area contributed by atoms with E-state index < -0.39 is 91.3 Å². The fourth-order valence-corrected chi connectivity index (χ4v) is 9.35. The molecule has 0 heterocycles. The van der Waals surface area contributed by atoms with Gasteiger partial charge in [0, 0.05) is 12.8 Å². The Morgan fingerprint density at radius 2 is 0.866 bits per heavy atom. The Balaban J connectivity index is 2.74. The number of esters is 2. The van der Waals surface area contributed by atoms with Crippen molar-refractivity contribution in [3.8, 4) is 0 Å². The fraction of sp³-hybridized carbons (Fsp3) is 0.822. The number of unbranched alkanes of at least 4 members (excludes halogenated alkanes) is 19. The van der Waals surface area contributed by atoms with Crippen LogP contribution in [-0.4, -0.2) is 108 Å². The molecule has 1 aliphatic rings. The Kier molecular flexibility index (Phi) is 35.2. The molecule has 0 aliphatic heterocycles. The molecule has 0 bridgehead atoms. The molecule has 67 heavy (non-hydrogen) atoms. The summed E-state index contributed by atoms with van der Waals surface area (Å²) in [6.07, 6.45) is 21.6. The molecule has 0 aromatic carbocycles. The average molecular weight is 1020 g/mol. The standard InChI is InChI=1S/C45H83O19P3/c1-3-5-7-9-11-13-15-17-19-21-23-25-27-29-31-33-38(46)59-35-37(61-39(47)34-32-30-28-26-24-22-20-18-16-14-12-10-8-6-4-2)36-60-67(57,58)64-43-40(48)41(49)44(62-65(51,52)53)45(42(43)50)63-66(54,55)56/h12-15,18,20,37,40-45,48-50H,3-11,16-17,19,21-36H2,1-2H3,(H,57,58)(H2,51,52,53)(H2,54,55,56)/t37-,40?,41?,42?,43+,44?,45+/m1/s1. The van der Waals surface area contributed by atoms with E-state index in [2.05, 4.69) is 59.4 Å². The monoisotopic (exact) mass is 1020 g/mol. The summed E-state index contributed by atoms with van der Waals surface area (Å²) in [4.78, 5) is 73.2. The number of hydrogen-bond acceptors (Lipinski definition) is 14. The third-order valence-electron chi connectivity index (χ3n) is 10.9. The van der Waals surface area contributed by atoms with Crippen molar-refractivity contribution in [1.29, 1.82) is 0 Å². The number of carbonyl (C=O) groups is 2. The van der Waals surface area contributed by atoms with Crippen molar-refractivity contribution in [2.45, 2.75) is 224 Å². The smallest absolute Gasteiger partial charge is 0.462 e. The van der Waals surface area contributed by atoms with Crippen molar-refractivity contribution >= 4 is 35.4 Å². The van der Waals surface area contributed by atoms with Crippen molar-refractivity contribution < 1.29 is 90.6 Å². The Labute approximate surface area is 398 Å². The summed E-state index contributed by atoms with van der Waals surface area (Å²) in [6.45, 7) is 2.89. The maximum Gasteiger partial charge on any atom is 0.472 e. The van der Waals surface area contributed by atoms with E-state index in [1.165, 1.54) is 44.9 Å². The van der Waals surface area contributed by atoms with E-state index in [1.807, 2.05) is 0 Å². The summed E-state index contributed by atoms with van der Waals surface area (Å²) in [5.74, 6) is -1.32. The van der Waals surface area contributed by atoms with Gasteiger partial charge in [0.05, 0.1) is 6.61 Å². The number of carbonyl (C=O) groups excluding carboxylic acids is 2. The third-order valence-corrected chi connectivity index (χ3v) is 12.9. The molecule has 5 unspecified atom stereocenters. The van der Waals surface area contributed by atoms with Gasteiger partial charge in [-0.1, -0.05) is 134 Å². The molecule has 19 nitrogen and oxygen atoms in total. The van der Waals surface area contributed by atoms with Gasteiger partial charge in [-0.15, -0.1) is 0 Å². The van der Waals surface area contributed by atoms with Crippen molar-refractivity contribution in [3.63, 3.8) is 0 Å². The molecule has 0 saturated heterocycles. The molecule has 0 aromatic heterocycles. The lowest BCUT2D eigenvalue weighted by Crippen LogP contribution is -2.65. The molecular weight excluding hydrogens is 937 g/mol. The highest BCUT2D eigenvalue weighted by atomic mass is 31.2. The van der Waals surface area contributed by atoms with Crippen LogP contribution in [0.2, 0.25) is 0 Å². The predicted molar refractivity (Wildman–Crippen MR) is 252 cm³/mol. The van der Waals surface area contributed by atoms with Gasteiger partial charge in [-0.2, -0.15) is 0 Å². The van der Waals surface area contributed by atoms with Crippen LogP contribution in [0, 0.1) is 0 Å². The van der Waals surface area contributed by atoms with E-state index >= 15 is 0 Å². The van der Waals surface area contributed by atoms with Crippen LogP contribution in [0.25, 0.3) is 0 Å². The van der Waals surface area contributed by atoms with E-state index in [0.717, 1.165) is 96.3 Å². The Bertz CT molecular complexity index is 1550. The zero-order valence-corrected chi connectivity index (χ0v) is 42.4. The van der Waals surface area contributed by atoms with E-state index in [9.17, 15) is 63.1 Å². The van der Waals surface area contributed by atoms with Crippen molar-refractivity contribution in [2.24, 2.45) is 0 Å². The van der Waals surface area contributed by atoms with E-state index in [0.29, 0.717) is 12.8 Å². The maximum atomic E-state index is 13.1. The second-order valence-corrected chi connectivity index (χ2v) is 20.8. The van der Waals surface area contributed by atoms with Gasteiger partial charge in [-0.3, -0.25) is 27.7 Å². The van der Waals surface area contributed by atoms with Crippen LogP contribution in [0.1, 0.15) is 181 Å². The van der Waals surface area contributed by atoms with Crippen LogP contribution < -0.4 is 0 Å². The molecule has 0 aromatic rings. The SMILES string of the molecule is CCCCCC=CCC=CCCCCCCCC(=O)O[C@H](COC(=O)CCCCCCCCCC=CCCCCCC)COP(=O)(O)O[C@H]1C(O)C(O)C(OP(=O)(O)O)[C@@H](OP(=O)(O)O)C1O.